The second-order valence-corrected chi connectivity index (χ2v) is 13.2. The molecule has 0 aromatic heterocycles. The molecule has 2 heterocycles. The van der Waals surface area contributed by atoms with Crippen molar-refractivity contribution in [3.63, 3.8) is 0 Å². The van der Waals surface area contributed by atoms with Crippen molar-refractivity contribution < 1.29 is 85.1 Å². The zero-order valence-corrected chi connectivity index (χ0v) is 27.6. The molecule has 12 heteroatoms. The summed E-state index contributed by atoms with van der Waals surface area (Å²) in [5.74, 6) is -1.18. The maximum absolute atomic E-state index is 11.5. The van der Waals surface area contributed by atoms with E-state index < -0.39 is 42.8 Å². The third kappa shape index (κ3) is 8.66. The summed E-state index contributed by atoms with van der Waals surface area (Å²) in [6, 6.07) is 11.3. The smallest absolute Gasteiger partial charge is 0.748 e. The molecule has 0 unspecified atom stereocenters. The van der Waals surface area contributed by atoms with E-state index in [2.05, 4.69) is 10.6 Å². The standard InChI is InChI=1S/C25H30N2O6S2.2Na/c1-24(2)12-18(14-34(28,29)30)20-10-16(5-7-22(20)26-24)9-17-6-8-23-21(11-17)19(15-35(31,32)33)13-25(3,4)27-23;;/h5-8,10-13,26-27H,9,14-15H2,1-4H3,(H,28,29,30)(H,31,32,33);;/q;2*+1/p-2. The fourth-order valence-corrected chi connectivity index (χ4v) is 6.04. The normalized spacial score (nSPS) is 17.4. The molecule has 4 rings (SSSR count). The van der Waals surface area contributed by atoms with Crippen LogP contribution in [0.5, 0.6) is 0 Å². The van der Waals surface area contributed by atoms with Crippen LogP contribution in [0.25, 0.3) is 11.1 Å². The molecule has 0 bridgehead atoms. The van der Waals surface area contributed by atoms with Crippen molar-refractivity contribution in [1.82, 2.24) is 0 Å². The number of benzene rings is 2. The van der Waals surface area contributed by atoms with Crippen LogP contribution in [0.3, 0.4) is 0 Å². The minimum atomic E-state index is -4.46. The summed E-state index contributed by atoms with van der Waals surface area (Å²) in [7, 11) is -8.93. The molecular formula is C25H28N2Na2O6S2. The Morgan fingerprint density at radius 2 is 1.03 bits per heavy atom. The quantitative estimate of drug-likeness (QED) is 0.292. The summed E-state index contributed by atoms with van der Waals surface area (Å²) in [5, 5.41) is 6.69. The van der Waals surface area contributed by atoms with Crippen LogP contribution in [0.2, 0.25) is 0 Å². The number of anilines is 2. The van der Waals surface area contributed by atoms with Crippen molar-refractivity contribution in [3.8, 4) is 0 Å². The third-order valence-electron chi connectivity index (χ3n) is 5.92. The number of rotatable bonds is 6. The molecule has 0 atom stereocenters. The van der Waals surface area contributed by atoms with E-state index in [1.54, 1.807) is 12.2 Å². The van der Waals surface area contributed by atoms with Gasteiger partial charge in [-0.3, -0.25) is 0 Å². The molecule has 188 valence electrons. The monoisotopic (exact) mass is 562 g/mol. The van der Waals surface area contributed by atoms with Crippen LogP contribution < -0.4 is 69.7 Å². The molecule has 0 fully saturated rings. The molecule has 0 aliphatic carbocycles. The van der Waals surface area contributed by atoms with E-state index in [0.29, 0.717) is 28.7 Å². The maximum atomic E-state index is 11.5. The number of fused-ring (bicyclic) bond motifs is 2. The largest absolute Gasteiger partial charge is 1.00 e. The first-order valence-electron chi connectivity index (χ1n) is 11.1. The minimum absolute atomic E-state index is 0. The molecule has 2 aliphatic rings. The van der Waals surface area contributed by atoms with Crippen molar-refractivity contribution in [3.05, 3.63) is 70.8 Å². The van der Waals surface area contributed by atoms with Crippen LogP contribution in [0.15, 0.2) is 48.6 Å². The van der Waals surface area contributed by atoms with Gasteiger partial charge in [0.25, 0.3) is 0 Å². The van der Waals surface area contributed by atoms with Gasteiger partial charge in [0.1, 0.15) is 0 Å². The first-order chi connectivity index (χ1) is 16.0. The van der Waals surface area contributed by atoms with E-state index in [4.69, 9.17) is 0 Å². The summed E-state index contributed by atoms with van der Waals surface area (Å²) in [4.78, 5) is 0. The van der Waals surface area contributed by atoms with Gasteiger partial charge in [0.2, 0.25) is 0 Å². The van der Waals surface area contributed by atoms with E-state index in [1.807, 2.05) is 64.1 Å². The van der Waals surface area contributed by atoms with Gasteiger partial charge in [-0.15, -0.1) is 0 Å². The molecule has 2 N–H and O–H groups in total. The summed E-state index contributed by atoms with van der Waals surface area (Å²) >= 11 is 0. The maximum Gasteiger partial charge on any atom is 1.00 e. The molecule has 0 radical (unpaired) electrons. The molecule has 0 saturated heterocycles. The van der Waals surface area contributed by atoms with Gasteiger partial charge in [-0.1, -0.05) is 24.3 Å². The minimum Gasteiger partial charge on any atom is -0.748 e. The van der Waals surface area contributed by atoms with E-state index in [1.165, 1.54) is 0 Å². The van der Waals surface area contributed by atoms with Crippen molar-refractivity contribution in [2.45, 2.75) is 45.2 Å². The average Bonchev–Trinajstić information content (AvgIpc) is 2.65. The van der Waals surface area contributed by atoms with Crippen LogP contribution in [-0.4, -0.2) is 48.5 Å². The van der Waals surface area contributed by atoms with Gasteiger partial charge >= 0.3 is 59.1 Å². The van der Waals surface area contributed by atoms with Gasteiger partial charge in [0, 0.05) is 22.5 Å². The van der Waals surface area contributed by atoms with Crippen LogP contribution >= 0.6 is 0 Å². The van der Waals surface area contributed by atoms with Crippen LogP contribution in [-0.2, 0) is 26.7 Å². The van der Waals surface area contributed by atoms with Crippen LogP contribution in [0.4, 0.5) is 11.4 Å². The van der Waals surface area contributed by atoms with E-state index in [9.17, 15) is 25.9 Å². The summed E-state index contributed by atoms with van der Waals surface area (Å²) in [5.41, 5.74) is 4.55. The Balaban J connectivity index is 0.00000241. The van der Waals surface area contributed by atoms with Crippen molar-refractivity contribution in [2.75, 3.05) is 22.1 Å². The zero-order valence-electron chi connectivity index (χ0n) is 22.0. The molecule has 37 heavy (non-hydrogen) atoms. The Morgan fingerprint density at radius 3 is 1.35 bits per heavy atom. The summed E-state index contributed by atoms with van der Waals surface area (Å²) in [6.45, 7) is 7.60. The average molecular weight is 563 g/mol. The van der Waals surface area contributed by atoms with Crippen molar-refractivity contribution in [2.24, 2.45) is 0 Å². The predicted octanol–water partition coefficient (Wildman–Crippen LogP) is -2.45. The number of hydrogen-bond acceptors (Lipinski definition) is 8. The summed E-state index contributed by atoms with van der Waals surface area (Å²) < 4.78 is 69.1. The third-order valence-corrected chi connectivity index (χ3v) is 7.25. The SMILES string of the molecule is CC1(C)C=C(CS(=O)(=O)[O-])c2cc(Cc3ccc4c(c3)C(CS(=O)(=O)[O-])=CC(C)(C)N4)ccc2N1.[Na+].[Na+]. The first-order valence-corrected chi connectivity index (χ1v) is 14.3. The second kappa shape index (κ2) is 11.4. The van der Waals surface area contributed by atoms with Gasteiger partial charge in [-0.25, -0.2) is 16.8 Å². The molecule has 0 spiro atoms. The Hall–Kier alpha value is -0.660. The van der Waals surface area contributed by atoms with Gasteiger partial charge in [0.05, 0.1) is 42.8 Å². The van der Waals surface area contributed by atoms with Gasteiger partial charge < -0.3 is 19.7 Å². The molecular weight excluding hydrogens is 534 g/mol. The predicted molar refractivity (Wildman–Crippen MR) is 136 cm³/mol. The number of hydrogen-bond donors (Lipinski definition) is 2. The van der Waals surface area contributed by atoms with Gasteiger partial charge in [-0.05, 0) is 80.7 Å². The Morgan fingerprint density at radius 1 is 0.676 bits per heavy atom. The first kappa shape index (κ1) is 32.6. The Kier molecular flexibility index (Phi) is 10.1. The van der Waals surface area contributed by atoms with E-state index >= 15 is 0 Å². The van der Waals surface area contributed by atoms with Gasteiger partial charge in [0.15, 0.2) is 0 Å². The zero-order chi connectivity index (χ0) is 25.8. The Labute approximate surface area is 263 Å². The number of nitrogens with one attached hydrogen (secondary N) is 2. The van der Waals surface area contributed by atoms with Crippen LogP contribution in [0.1, 0.15) is 49.9 Å². The molecule has 2 aromatic rings. The van der Waals surface area contributed by atoms with E-state index in [0.717, 1.165) is 22.5 Å². The summed E-state index contributed by atoms with van der Waals surface area (Å²) in [6.07, 6.45) is 4.02. The molecule has 2 aromatic carbocycles. The molecule has 0 amide bonds. The Bertz CT molecular complexity index is 1370. The molecule has 8 nitrogen and oxygen atoms in total. The second-order valence-electron chi connectivity index (χ2n) is 10.4. The fraction of sp³-hybridized carbons (Fsp3) is 0.360. The van der Waals surface area contributed by atoms with Gasteiger partial charge in [-0.2, -0.15) is 0 Å². The molecule has 0 saturated carbocycles. The molecule has 2 aliphatic heterocycles. The van der Waals surface area contributed by atoms with Crippen molar-refractivity contribution >= 4 is 42.8 Å². The van der Waals surface area contributed by atoms with E-state index in [-0.39, 0.29) is 59.1 Å². The fourth-order valence-electron chi connectivity index (χ4n) is 4.80. The van der Waals surface area contributed by atoms with Crippen molar-refractivity contribution in [1.29, 1.82) is 0 Å². The van der Waals surface area contributed by atoms with Crippen LogP contribution in [0, 0.1) is 0 Å². The topological polar surface area (TPSA) is 138 Å².